The van der Waals surface area contributed by atoms with Crippen LogP contribution < -0.4 is 15.1 Å². The van der Waals surface area contributed by atoms with Gasteiger partial charge in [-0.2, -0.15) is 5.10 Å². The second-order valence-corrected chi connectivity index (χ2v) is 9.48. The van der Waals surface area contributed by atoms with Crippen LogP contribution in [0.2, 0.25) is 0 Å². The summed E-state index contributed by atoms with van der Waals surface area (Å²) in [6, 6.07) is 21.3. The largest absolute Gasteiger partial charge is 0.511 e. The zero-order valence-electron chi connectivity index (χ0n) is 21.9. The number of ether oxygens (including phenoxy) is 1. The molecular weight excluding hydrogens is 494 g/mol. The number of anilines is 3. The molecule has 1 heterocycles. The number of amides is 1. The molecule has 0 atom stereocenters. The van der Waals surface area contributed by atoms with E-state index in [1.165, 1.54) is 12.1 Å². The van der Waals surface area contributed by atoms with Crippen LogP contribution in [0, 0.1) is 27.7 Å². The number of nitrogens with zero attached hydrogens (tertiary/aromatic N) is 2. The number of fused-ring (bicyclic) bond motifs is 1. The second kappa shape index (κ2) is 9.98. The molecule has 0 bridgehead atoms. The third-order valence-corrected chi connectivity index (χ3v) is 7.02. The molecule has 0 saturated carbocycles. The van der Waals surface area contributed by atoms with Gasteiger partial charge >= 0.3 is 6.16 Å². The van der Waals surface area contributed by atoms with E-state index in [0.717, 1.165) is 39.2 Å². The lowest BCUT2D eigenvalue weighted by molar-refractivity contribution is -0.111. The molecular formula is C31H27N3O5. The van der Waals surface area contributed by atoms with Crippen LogP contribution in [-0.4, -0.2) is 28.0 Å². The van der Waals surface area contributed by atoms with Crippen LogP contribution in [0.15, 0.2) is 77.9 Å². The van der Waals surface area contributed by atoms with Gasteiger partial charge in [0.15, 0.2) is 5.71 Å². The molecule has 4 aromatic carbocycles. The van der Waals surface area contributed by atoms with Gasteiger partial charge in [-0.05, 0) is 91.9 Å². The third-order valence-electron chi connectivity index (χ3n) is 7.02. The number of hydrogen-bond acceptors (Lipinski definition) is 6. The Balaban J connectivity index is 1.54. The predicted molar refractivity (Wildman–Crippen MR) is 151 cm³/mol. The highest BCUT2D eigenvalue weighted by molar-refractivity contribution is 6.56. The molecule has 0 aliphatic carbocycles. The molecule has 0 fully saturated rings. The summed E-state index contributed by atoms with van der Waals surface area (Å²) in [5.41, 5.74) is 10.8. The number of hydrogen-bond donors (Lipinski definition) is 3. The summed E-state index contributed by atoms with van der Waals surface area (Å²) < 4.78 is 4.74. The van der Waals surface area contributed by atoms with Crippen LogP contribution in [0.1, 0.15) is 27.8 Å². The first-order valence-electron chi connectivity index (χ1n) is 12.3. The monoisotopic (exact) mass is 521 g/mol. The maximum Gasteiger partial charge on any atom is 0.511 e. The van der Waals surface area contributed by atoms with E-state index in [4.69, 9.17) is 9.84 Å². The number of phenols is 1. The molecule has 5 rings (SSSR count). The number of aryl methyl sites for hydroxylation is 3. The maximum atomic E-state index is 13.8. The molecule has 0 saturated heterocycles. The Morgan fingerprint density at radius 1 is 0.897 bits per heavy atom. The minimum Gasteiger partial charge on any atom is -0.505 e. The molecule has 39 heavy (non-hydrogen) atoms. The summed E-state index contributed by atoms with van der Waals surface area (Å²) in [5, 5.41) is 24.5. The smallest absolute Gasteiger partial charge is 0.505 e. The van der Waals surface area contributed by atoms with Crippen LogP contribution in [0.25, 0.3) is 11.1 Å². The molecule has 8 heteroatoms. The summed E-state index contributed by atoms with van der Waals surface area (Å²) in [7, 11) is 0. The quantitative estimate of drug-likeness (QED) is 0.115. The standard InChI is InChI=1S/C31H27N3O5/c1-17-11-13-22(15-19(17)3)34-26-14-12-18(2)20(4)27(26)28(30(34)36)33-32-25-10-6-9-24(29(25)35)21-7-5-8-23(16-21)39-31(37)38/h5-16,32,35H,1-4H3,(H,37,38). The van der Waals surface area contributed by atoms with Crippen molar-refractivity contribution in [1.29, 1.82) is 0 Å². The van der Waals surface area contributed by atoms with Crippen molar-refractivity contribution in [2.75, 3.05) is 10.3 Å². The van der Waals surface area contributed by atoms with Gasteiger partial charge in [-0.15, -0.1) is 0 Å². The number of carbonyl (C=O) groups excluding carboxylic acids is 1. The van der Waals surface area contributed by atoms with Gasteiger partial charge < -0.3 is 14.9 Å². The fourth-order valence-electron chi connectivity index (χ4n) is 4.64. The van der Waals surface area contributed by atoms with Gasteiger partial charge in [-0.1, -0.05) is 36.4 Å². The Labute approximate surface area is 225 Å². The van der Waals surface area contributed by atoms with Gasteiger partial charge in [-0.3, -0.25) is 15.1 Å². The van der Waals surface area contributed by atoms with Gasteiger partial charge in [0.2, 0.25) is 0 Å². The molecule has 3 N–H and O–H groups in total. The SMILES string of the molecule is Cc1ccc(N2C(=O)C(=NNc3cccc(-c4cccc(OC(=O)O)c4)c3O)c3c2ccc(C)c3C)cc1C. The highest BCUT2D eigenvalue weighted by Crippen LogP contribution is 2.40. The maximum absolute atomic E-state index is 13.8. The van der Waals surface area contributed by atoms with Crippen LogP contribution >= 0.6 is 0 Å². The Morgan fingerprint density at radius 2 is 1.64 bits per heavy atom. The summed E-state index contributed by atoms with van der Waals surface area (Å²) in [5.74, 6) is -0.251. The van der Waals surface area contributed by atoms with E-state index in [0.29, 0.717) is 11.1 Å². The highest BCUT2D eigenvalue weighted by Gasteiger charge is 2.37. The first kappa shape index (κ1) is 25.5. The number of phenolic OH excluding ortho intramolecular Hbond substituents is 1. The van der Waals surface area contributed by atoms with E-state index in [1.54, 1.807) is 35.2 Å². The third kappa shape index (κ3) is 4.68. The number of para-hydroxylation sites is 1. The van der Waals surface area contributed by atoms with Gasteiger partial charge in [0.05, 0.1) is 11.4 Å². The lowest BCUT2D eigenvalue weighted by Crippen LogP contribution is -2.26. The molecule has 8 nitrogen and oxygen atoms in total. The number of carboxylic acid groups (broad SMARTS) is 1. The van der Waals surface area contributed by atoms with Crippen molar-refractivity contribution in [1.82, 2.24) is 0 Å². The Bertz CT molecular complexity index is 1680. The van der Waals surface area contributed by atoms with Gasteiger partial charge in [0, 0.05) is 16.8 Å². The second-order valence-electron chi connectivity index (χ2n) is 9.48. The van der Waals surface area contributed by atoms with Crippen molar-refractivity contribution in [2.45, 2.75) is 27.7 Å². The number of aromatic hydroxyl groups is 1. The lowest BCUT2D eigenvalue weighted by Gasteiger charge is -2.18. The van der Waals surface area contributed by atoms with Crippen molar-refractivity contribution in [3.05, 3.63) is 101 Å². The van der Waals surface area contributed by atoms with Gasteiger partial charge in [0.25, 0.3) is 5.91 Å². The van der Waals surface area contributed by atoms with Gasteiger partial charge in [0.1, 0.15) is 11.5 Å². The van der Waals surface area contributed by atoms with Crippen molar-refractivity contribution in [2.24, 2.45) is 5.10 Å². The van der Waals surface area contributed by atoms with Gasteiger partial charge in [-0.25, -0.2) is 4.79 Å². The highest BCUT2D eigenvalue weighted by atomic mass is 16.7. The molecule has 196 valence electrons. The van der Waals surface area contributed by atoms with Crippen LogP contribution in [0.5, 0.6) is 11.5 Å². The van der Waals surface area contributed by atoms with E-state index in [-0.39, 0.29) is 28.8 Å². The zero-order valence-corrected chi connectivity index (χ0v) is 21.9. The van der Waals surface area contributed by atoms with Crippen LogP contribution in [-0.2, 0) is 4.79 Å². The van der Waals surface area contributed by atoms with E-state index in [2.05, 4.69) is 10.5 Å². The number of benzene rings is 4. The molecule has 1 aliphatic rings. The van der Waals surface area contributed by atoms with E-state index < -0.39 is 6.16 Å². The average molecular weight is 522 g/mol. The molecule has 0 spiro atoms. The Hall–Kier alpha value is -5.11. The molecule has 0 unspecified atom stereocenters. The Kier molecular flexibility index (Phi) is 6.54. The van der Waals surface area contributed by atoms with Crippen molar-refractivity contribution < 1.29 is 24.5 Å². The van der Waals surface area contributed by atoms with Crippen molar-refractivity contribution in [3.8, 4) is 22.6 Å². The fraction of sp³-hybridized carbons (Fsp3) is 0.129. The number of rotatable bonds is 5. The number of nitrogens with one attached hydrogen (secondary N) is 1. The fourth-order valence-corrected chi connectivity index (χ4v) is 4.64. The van der Waals surface area contributed by atoms with Crippen molar-refractivity contribution >= 4 is 34.8 Å². The molecule has 1 amide bonds. The van der Waals surface area contributed by atoms with Crippen molar-refractivity contribution in [3.63, 3.8) is 0 Å². The number of hydrazone groups is 1. The van der Waals surface area contributed by atoms with E-state index in [9.17, 15) is 14.7 Å². The topological polar surface area (TPSA) is 111 Å². The minimum atomic E-state index is -1.43. The zero-order chi connectivity index (χ0) is 27.8. The van der Waals surface area contributed by atoms with E-state index >= 15 is 0 Å². The molecule has 4 aromatic rings. The van der Waals surface area contributed by atoms with E-state index in [1.807, 2.05) is 58.0 Å². The normalized spacial score (nSPS) is 13.5. The predicted octanol–water partition coefficient (Wildman–Crippen LogP) is 6.84. The molecule has 0 radical (unpaired) electrons. The summed E-state index contributed by atoms with van der Waals surface area (Å²) in [6.07, 6.45) is -1.43. The average Bonchev–Trinajstić information content (AvgIpc) is 3.18. The summed E-state index contributed by atoms with van der Waals surface area (Å²) >= 11 is 0. The van der Waals surface area contributed by atoms with Crippen LogP contribution in [0.3, 0.4) is 0 Å². The summed E-state index contributed by atoms with van der Waals surface area (Å²) in [6.45, 7) is 7.99. The molecule has 0 aromatic heterocycles. The Morgan fingerprint density at radius 3 is 2.38 bits per heavy atom. The minimum absolute atomic E-state index is 0.105. The number of carbonyl (C=O) groups is 2. The summed E-state index contributed by atoms with van der Waals surface area (Å²) in [4.78, 5) is 26.4. The first-order chi connectivity index (χ1) is 18.7. The first-order valence-corrected chi connectivity index (χ1v) is 12.3. The molecule has 1 aliphatic heterocycles. The lowest BCUT2D eigenvalue weighted by atomic mass is 10.00. The van der Waals surface area contributed by atoms with Crippen LogP contribution in [0.4, 0.5) is 21.9 Å².